The predicted molar refractivity (Wildman–Crippen MR) is 45.3 cm³/mol. The molecule has 0 bridgehead atoms. The van der Waals surface area contributed by atoms with Crippen molar-refractivity contribution < 1.29 is 10.0 Å². The lowest BCUT2D eigenvalue weighted by molar-refractivity contribution is 0.0767. The van der Waals surface area contributed by atoms with Crippen LogP contribution in [0, 0.1) is 5.21 Å². The molecule has 0 fully saturated rings. The fourth-order valence-corrected chi connectivity index (χ4v) is 1.86. The number of quaternary nitrogens is 1. The van der Waals surface area contributed by atoms with Gasteiger partial charge in [0.15, 0.2) is 17.6 Å². The highest BCUT2D eigenvalue weighted by atomic mass is 32.2. The molecule has 1 aromatic rings. The van der Waals surface area contributed by atoms with E-state index in [9.17, 15) is 10.0 Å². The molecule has 0 radical (unpaired) electrons. The number of hydrogen-bond donors (Lipinski definition) is 1. The summed E-state index contributed by atoms with van der Waals surface area (Å²) < 4.78 is -1.64. The van der Waals surface area contributed by atoms with Gasteiger partial charge in [0.2, 0.25) is 0 Å². The van der Waals surface area contributed by atoms with Gasteiger partial charge in [-0.05, 0) is 6.07 Å². The second-order valence-corrected chi connectivity index (χ2v) is 3.46. The molecule has 0 amide bonds. The molecule has 12 heavy (non-hydrogen) atoms. The van der Waals surface area contributed by atoms with E-state index < -0.39 is 4.21 Å². The van der Waals surface area contributed by atoms with Gasteiger partial charge in [-0.2, -0.15) is 5.21 Å². The molecule has 1 aromatic carbocycles. The summed E-state index contributed by atoms with van der Waals surface area (Å²) >= 11 is 0.350. The third-order valence-electron chi connectivity index (χ3n) is 1.64. The fraction of sp³-hybridized carbons (Fsp3) is 0. The Morgan fingerprint density at radius 3 is 2.75 bits per heavy atom. The van der Waals surface area contributed by atoms with Crippen molar-refractivity contribution in [2.75, 3.05) is 0 Å². The van der Waals surface area contributed by atoms with Gasteiger partial charge in [-0.3, -0.25) is 4.79 Å². The number of carbonyl (C=O) groups excluding carboxylic acids is 1. The highest BCUT2D eigenvalue weighted by Crippen LogP contribution is 2.41. The maximum Gasteiger partial charge on any atom is 0.286 e. The van der Waals surface area contributed by atoms with Crippen molar-refractivity contribution in [2.24, 2.45) is 0 Å². The third-order valence-corrected chi connectivity index (χ3v) is 2.46. The van der Waals surface area contributed by atoms with Crippen molar-refractivity contribution in [3.05, 3.63) is 35.0 Å². The highest BCUT2D eigenvalue weighted by molar-refractivity contribution is 8.14. The molecule has 1 unspecified atom stereocenters. The van der Waals surface area contributed by atoms with E-state index in [1.54, 1.807) is 12.1 Å². The average molecular weight is 183 g/mol. The summed E-state index contributed by atoms with van der Waals surface area (Å²) in [6.45, 7) is 0. The number of nitrogens with zero attached hydrogens (tertiary/aromatic N) is 1. The van der Waals surface area contributed by atoms with E-state index in [0.717, 1.165) is 0 Å². The van der Waals surface area contributed by atoms with Crippen LogP contribution in [0.4, 0.5) is 5.69 Å². The van der Waals surface area contributed by atoms with E-state index >= 15 is 0 Å². The number of carbonyl (C=O) groups is 1. The Balaban J connectivity index is 2.66. The van der Waals surface area contributed by atoms with Gasteiger partial charge < -0.3 is 5.21 Å². The van der Waals surface area contributed by atoms with Crippen LogP contribution in [-0.4, -0.2) is 10.3 Å². The molecule has 1 aliphatic heterocycles. The van der Waals surface area contributed by atoms with Crippen molar-refractivity contribution in [3.8, 4) is 0 Å². The van der Waals surface area contributed by atoms with E-state index in [4.69, 9.17) is 5.21 Å². The fourth-order valence-electron chi connectivity index (χ4n) is 1.10. The van der Waals surface area contributed by atoms with Crippen molar-refractivity contribution in [2.45, 2.75) is 0 Å². The number of para-hydroxylation sites is 1. The van der Waals surface area contributed by atoms with Gasteiger partial charge in [-0.1, -0.05) is 12.1 Å². The summed E-state index contributed by atoms with van der Waals surface area (Å²) in [5.41, 5.74) is 0.396. The minimum atomic E-state index is -1.64. The molecule has 0 saturated heterocycles. The average Bonchev–Trinajstić information content (AvgIpc) is 2.25. The first-order valence-corrected chi connectivity index (χ1v) is 4.05. The van der Waals surface area contributed by atoms with Crippen LogP contribution in [0.1, 0.15) is 10.4 Å². The highest BCUT2D eigenvalue weighted by Gasteiger charge is 2.39. The molecule has 4 nitrogen and oxygen atoms in total. The zero-order valence-electron chi connectivity index (χ0n) is 5.93. The Labute approximate surface area is 72.7 Å². The molecule has 1 atom stereocenters. The van der Waals surface area contributed by atoms with Gasteiger partial charge in [0.25, 0.3) is 5.12 Å². The van der Waals surface area contributed by atoms with Crippen molar-refractivity contribution in [1.82, 2.24) is 4.21 Å². The molecule has 2 rings (SSSR count). The second kappa shape index (κ2) is 2.30. The molecule has 0 aliphatic carbocycles. The van der Waals surface area contributed by atoms with Gasteiger partial charge in [0.05, 0.1) is 0 Å². The molecule has 1 aliphatic rings. The number of rotatable bonds is 0. The molecular formula is C7H5NO3S. The maximum atomic E-state index is 11.2. The molecule has 1 heterocycles. The Kier molecular flexibility index (Phi) is 1.49. The molecule has 0 spiro atoms. The normalized spacial score (nSPS) is 27.3. The summed E-state index contributed by atoms with van der Waals surface area (Å²) in [7, 11) is 0. The molecule has 1 N–H and O–H groups in total. The Morgan fingerprint density at radius 1 is 1.42 bits per heavy atom. The van der Waals surface area contributed by atoms with Gasteiger partial charge in [-0.15, -0.1) is 4.21 Å². The van der Waals surface area contributed by atoms with E-state index in [2.05, 4.69) is 0 Å². The third kappa shape index (κ3) is 0.953. The standard InChI is InChI=1S/C7H5NO3S/c9-7-5-3-1-2-4-6(5)8(10,11)12-7/h1-4,10H. The minimum absolute atomic E-state index is 0.104. The van der Waals surface area contributed by atoms with Gasteiger partial charge in [0.1, 0.15) is 5.56 Å². The second-order valence-electron chi connectivity index (χ2n) is 2.42. The zero-order valence-corrected chi connectivity index (χ0v) is 6.75. The molecule has 0 aromatic heterocycles. The smallest absolute Gasteiger partial charge is 0.286 e. The largest absolute Gasteiger partial charge is 0.581 e. The lowest BCUT2D eigenvalue weighted by Gasteiger charge is -2.23. The van der Waals surface area contributed by atoms with E-state index in [0.29, 0.717) is 17.5 Å². The zero-order chi connectivity index (χ0) is 8.77. The summed E-state index contributed by atoms with van der Waals surface area (Å²) in [6.07, 6.45) is 0. The summed E-state index contributed by atoms with van der Waals surface area (Å²) in [6, 6.07) is 6.24. The van der Waals surface area contributed by atoms with Crippen LogP contribution in [0.5, 0.6) is 0 Å². The first kappa shape index (κ1) is 7.75. The molecule has 0 saturated carbocycles. The van der Waals surface area contributed by atoms with Crippen molar-refractivity contribution >= 4 is 22.8 Å². The molecular weight excluding hydrogens is 178 g/mol. The van der Waals surface area contributed by atoms with Crippen LogP contribution in [-0.2, 0) is 0 Å². The number of benzene rings is 1. The van der Waals surface area contributed by atoms with Crippen LogP contribution in [0.2, 0.25) is 0 Å². The van der Waals surface area contributed by atoms with Crippen LogP contribution < -0.4 is 4.21 Å². The minimum Gasteiger partial charge on any atom is -0.581 e. The van der Waals surface area contributed by atoms with Crippen molar-refractivity contribution in [3.63, 3.8) is 0 Å². The first-order chi connectivity index (χ1) is 5.61. The monoisotopic (exact) mass is 183 g/mol. The Morgan fingerprint density at radius 2 is 2.08 bits per heavy atom. The topological polar surface area (TPSA) is 60.4 Å². The van der Waals surface area contributed by atoms with E-state index in [1.807, 2.05) is 0 Å². The molecule has 5 heteroatoms. The Hall–Kier alpha value is -0.880. The van der Waals surface area contributed by atoms with Gasteiger partial charge in [-0.25, -0.2) is 0 Å². The predicted octanol–water partition coefficient (Wildman–Crippen LogP) is 1.68. The first-order valence-electron chi connectivity index (χ1n) is 3.27. The van der Waals surface area contributed by atoms with Gasteiger partial charge >= 0.3 is 0 Å². The van der Waals surface area contributed by atoms with Crippen LogP contribution in [0.25, 0.3) is 0 Å². The van der Waals surface area contributed by atoms with Crippen LogP contribution in [0.15, 0.2) is 24.3 Å². The van der Waals surface area contributed by atoms with Crippen molar-refractivity contribution in [1.29, 1.82) is 0 Å². The maximum absolute atomic E-state index is 11.2. The lowest BCUT2D eigenvalue weighted by Crippen LogP contribution is -2.27. The van der Waals surface area contributed by atoms with Crippen LogP contribution >= 0.6 is 11.9 Å². The number of fused-ring (bicyclic) bond motifs is 1. The number of hydrogen-bond acceptors (Lipinski definition) is 4. The lowest BCUT2D eigenvalue weighted by atomic mass is 10.2. The SMILES string of the molecule is O=C1S[N+]([O-])(O)c2ccccc21. The van der Waals surface area contributed by atoms with Gasteiger partial charge in [0, 0.05) is 6.07 Å². The van der Waals surface area contributed by atoms with E-state index in [1.165, 1.54) is 12.1 Å². The summed E-state index contributed by atoms with van der Waals surface area (Å²) in [5.74, 6) is 0. The molecule has 62 valence electrons. The summed E-state index contributed by atoms with van der Waals surface area (Å²) in [4.78, 5) is 11.1. The summed E-state index contributed by atoms with van der Waals surface area (Å²) in [5, 5.41) is 19.9. The Bertz CT molecular complexity index is 350. The quantitative estimate of drug-likeness (QED) is 0.377. The van der Waals surface area contributed by atoms with E-state index in [-0.39, 0.29) is 10.8 Å². The van der Waals surface area contributed by atoms with Crippen LogP contribution in [0.3, 0.4) is 0 Å².